The van der Waals surface area contributed by atoms with Crippen molar-refractivity contribution in [2.45, 2.75) is 12.8 Å². The Hall–Kier alpha value is -0.170. The molecule has 1 saturated heterocycles. The summed E-state index contributed by atoms with van der Waals surface area (Å²) in [5.41, 5.74) is -0.325. The number of rotatable bonds is 3. The summed E-state index contributed by atoms with van der Waals surface area (Å²) in [6, 6.07) is 0. The van der Waals surface area contributed by atoms with Crippen molar-refractivity contribution in [3.05, 3.63) is 0 Å². The lowest BCUT2D eigenvalue weighted by Crippen LogP contribution is -2.46. The highest BCUT2D eigenvalue weighted by atomic mass is 32.2. The molecule has 14 heavy (non-hydrogen) atoms. The van der Waals surface area contributed by atoms with Gasteiger partial charge in [-0.25, -0.2) is 13.4 Å². The molecule has 1 aliphatic rings. The van der Waals surface area contributed by atoms with Crippen LogP contribution in [-0.4, -0.2) is 50.2 Å². The lowest BCUT2D eigenvalue weighted by atomic mass is 9.82. The first-order valence-corrected chi connectivity index (χ1v) is 6.48. The number of nitrogens with zero attached hydrogens (tertiary/aromatic N) is 1. The highest BCUT2D eigenvalue weighted by Gasteiger charge is 2.37. The van der Waals surface area contributed by atoms with E-state index in [0.29, 0.717) is 19.4 Å². The van der Waals surface area contributed by atoms with Crippen LogP contribution in [0.4, 0.5) is 0 Å². The first-order chi connectivity index (χ1) is 6.39. The molecule has 1 rings (SSSR count). The molecule has 0 radical (unpaired) electrons. The first kappa shape index (κ1) is 11.9. The van der Waals surface area contributed by atoms with Gasteiger partial charge in [-0.05, 0) is 12.8 Å². The van der Waals surface area contributed by atoms with Crippen LogP contribution in [0.15, 0.2) is 0 Å². The Labute approximate surface area is 84.8 Å². The van der Waals surface area contributed by atoms with Crippen LogP contribution in [0.25, 0.3) is 0 Å². The van der Waals surface area contributed by atoms with Crippen molar-refractivity contribution in [3.8, 4) is 0 Å². The molecule has 1 fully saturated rings. The van der Waals surface area contributed by atoms with Crippen molar-refractivity contribution >= 4 is 9.84 Å². The van der Waals surface area contributed by atoms with E-state index in [0.717, 1.165) is 0 Å². The van der Waals surface area contributed by atoms with Crippen molar-refractivity contribution in [1.82, 2.24) is 5.01 Å². The minimum absolute atomic E-state index is 0.00403. The van der Waals surface area contributed by atoms with Gasteiger partial charge in [-0.1, -0.05) is 0 Å². The largest absolute Gasteiger partial charge is 0.396 e. The molecule has 1 aliphatic heterocycles. The van der Waals surface area contributed by atoms with Crippen LogP contribution >= 0.6 is 0 Å². The number of hydrazine groups is 1. The summed E-state index contributed by atoms with van der Waals surface area (Å²) in [5, 5.41) is 10.8. The van der Waals surface area contributed by atoms with Gasteiger partial charge in [0.25, 0.3) is 0 Å². The van der Waals surface area contributed by atoms with E-state index < -0.39 is 9.84 Å². The number of sulfone groups is 1. The molecule has 0 atom stereocenters. The van der Waals surface area contributed by atoms with Crippen LogP contribution in [0.3, 0.4) is 0 Å². The average molecular weight is 222 g/mol. The van der Waals surface area contributed by atoms with Crippen LogP contribution in [-0.2, 0) is 9.84 Å². The molecule has 0 aromatic rings. The Balaban J connectivity index is 2.66. The van der Waals surface area contributed by atoms with Gasteiger partial charge in [-0.2, -0.15) is 0 Å². The zero-order chi connectivity index (χ0) is 10.8. The van der Waals surface area contributed by atoms with E-state index in [1.165, 1.54) is 5.01 Å². The predicted octanol–water partition coefficient (Wildman–Crippen LogP) is -1.02. The van der Waals surface area contributed by atoms with E-state index in [-0.39, 0.29) is 23.5 Å². The molecule has 0 unspecified atom stereocenters. The summed E-state index contributed by atoms with van der Waals surface area (Å²) in [4.78, 5) is 0. The SMILES string of the molecule is CN(N)CC1(CO)CCS(=O)(=O)CC1. The van der Waals surface area contributed by atoms with Crippen LogP contribution < -0.4 is 5.84 Å². The average Bonchev–Trinajstić information content (AvgIpc) is 2.09. The van der Waals surface area contributed by atoms with E-state index in [1.807, 2.05) is 0 Å². The summed E-state index contributed by atoms with van der Waals surface area (Å²) in [7, 11) is -1.15. The third-order valence-electron chi connectivity index (χ3n) is 2.81. The molecule has 0 aromatic carbocycles. The van der Waals surface area contributed by atoms with Gasteiger partial charge in [-0.15, -0.1) is 0 Å². The second-order valence-corrected chi connectivity index (χ2v) is 6.53. The molecule has 1 heterocycles. The Morgan fingerprint density at radius 2 is 1.93 bits per heavy atom. The molecular weight excluding hydrogens is 204 g/mol. The molecule has 0 aromatic heterocycles. The van der Waals surface area contributed by atoms with Gasteiger partial charge < -0.3 is 5.11 Å². The molecule has 0 bridgehead atoms. The van der Waals surface area contributed by atoms with E-state index in [1.54, 1.807) is 7.05 Å². The molecule has 84 valence electrons. The van der Waals surface area contributed by atoms with Crippen LogP contribution in [0, 0.1) is 5.41 Å². The van der Waals surface area contributed by atoms with Gasteiger partial charge in [-0.3, -0.25) is 5.84 Å². The molecule has 0 amide bonds. The van der Waals surface area contributed by atoms with Crippen LogP contribution in [0.5, 0.6) is 0 Å². The molecule has 5 nitrogen and oxygen atoms in total. The van der Waals surface area contributed by atoms with Gasteiger partial charge in [0.15, 0.2) is 0 Å². The number of hydrogen-bond donors (Lipinski definition) is 2. The summed E-state index contributed by atoms with van der Waals surface area (Å²) in [6.45, 7) is 0.545. The number of nitrogens with two attached hydrogens (primary N) is 1. The van der Waals surface area contributed by atoms with E-state index in [4.69, 9.17) is 5.84 Å². The summed E-state index contributed by atoms with van der Waals surface area (Å²) in [5.74, 6) is 5.86. The maximum atomic E-state index is 11.2. The molecule has 0 aliphatic carbocycles. The molecular formula is C8H18N2O3S. The van der Waals surface area contributed by atoms with Gasteiger partial charge in [0.05, 0.1) is 18.1 Å². The monoisotopic (exact) mass is 222 g/mol. The van der Waals surface area contributed by atoms with Crippen molar-refractivity contribution in [1.29, 1.82) is 0 Å². The van der Waals surface area contributed by atoms with Gasteiger partial charge in [0, 0.05) is 19.0 Å². The predicted molar refractivity (Wildman–Crippen MR) is 54.2 cm³/mol. The zero-order valence-corrected chi connectivity index (χ0v) is 9.26. The maximum Gasteiger partial charge on any atom is 0.150 e. The minimum Gasteiger partial charge on any atom is -0.396 e. The second-order valence-electron chi connectivity index (χ2n) is 4.23. The Kier molecular flexibility index (Phi) is 3.52. The third kappa shape index (κ3) is 2.91. The molecule has 0 spiro atoms. The van der Waals surface area contributed by atoms with E-state index in [2.05, 4.69) is 0 Å². The highest BCUT2D eigenvalue weighted by Crippen LogP contribution is 2.32. The maximum absolute atomic E-state index is 11.2. The van der Waals surface area contributed by atoms with Crippen molar-refractivity contribution < 1.29 is 13.5 Å². The normalized spacial score (nSPS) is 25.1. The van der Waals surface area contributed by atoms with Crippen molar-refractivity contribution in [2.75, 3.05) is 31.7 Å². The zero-order valence-electron chi connectivity index (χ0n) is 8.44. The van der Waals surface area contributed by atoms with E-state index in [9.17, 15) is 13.5 Å². The summed E-state index contributed by atoms with van der Waals surface area (Å²) < 4.78 is 22.4. The fraction of sp³-hybridized carbons (Fsp3) is 1.00. The summed E-state index contributed by atoms with van der Waals surface area (Å²) in [6.07, 6.45) is 1.01. The lowest BCUT2D eigenvalue weighted by Gasteiger charge is -2.37. The highest BCUT2D eigenvalue weighted by molar-refractivity contribution is 7.91. The number of aliphatic hydroxyl groups excluding tert-OH is 1. The van der Waals surface area contributed by atoms with Crippen molar-refractivity contribution in [2.24, 2.45) is 11.3 Å². The van der Waals surface area contributed by atoms with Crippen molar-refractivity contribution in [3.63, 3.8) is 0 Å². The smallest absolute Gasteiger partial charge is 0.150 e. The number of aliphatic hydroxyl groups is 1. The third-order valence-corrected chi connectivity index (χ3v) is 4.46. The standard InChI is InChI=1S/C8H18N2O3S/c1-10(9)6-8(7-11)2-4-14(12,13)5-3-8/h11H,2-7,9H2,1H3. The first-order valence-electron chi connectivity index (χ1n) is 4.66. The lowest BCUT2D eigenvalue weighted by molar-refractivity contribution is 0.0738. The fourth-order valence-corrected chi connectivity index (χ4v) is 3.56. The van der Waals surface area contributed by atoms with Gasteiger partial charge >= 0.3 is 0 Å². The number of hydrogen-bond acceptors (Lipinski definition) is 5. The molecule has 6 heteroatoms. The topological polar surface area (TPSA) is 83.6 Å². The molecule has 0 saturated carbocycles. The second kappa shape index (κ2) is 4.14. The van der Waals surface area contributed by atoms with Gasteiger partial charge in [0.2, 0.25) is 0 Å². The summed E-state index contributed by atoms with van der Waals surface area (Å²) >= 11 is 0. The Bertz CT molecular complexity index is 273. The Morgan fingerprint density at radius 3 is 2.29 bits per heavy atom. The quantitative estimate of drug-likeness (QED) is 0.472. The van der Waals surface area contributed by atoms with Crippen LogP contribution in [0.1, 0.15) is 12.8 Å². The van der Waals surface area contributed by atoms with Gasteiger partial charge in [0.1, 0.15) is 9.84 Å². The Morgan fingerprint density at radius 1 is 1.43 bits per heavy atom. The minimum atomic E-state index is -2.87. The van der Waals surface area contributed by atoms with E-state index >= 15 is 0 Å². The fourth-order valence-electron chi connectivity index (χ4n) is 1.87. The van der Waals surface area contributed by atoms with Crippen LogP contribution in [0.2, 0.25) is 0 Å². The molecule has 3 N–H and O–H groups in total.